The van der Waals surface area contributed by atoms with Crippen LogP contribution in [0.5, 0.6) is 0 Å². The minimum Gasteiger partial charge on any atom is -0.871 e. The summed E-state index contributed by atoms with van der Waals surface area (Å²) in [6, 6.07) is 9.41. The summed E-state index contributed by atoms with van der Waals surface area (Å²) >= 11 is 0. The molecular formula is C19H25N2O-. The van der Waals surface area contributed by atoms with Gasteiger partial charge in [-0.15, -0.1) is 5.73 Å². The highest BCUT2D eigenvalue weighted by Crippen LogP contribution is 2.22. The second-order valence-corrected chi connectivity index (χ2v) is 5.93. The maximum atomic E-state index is 12.8. The molecular weight excluding hydrogens is 272 g/mol. The monoisotopic (exact) mass is 297 g/mol. The van der Waals surface area contributed by atoms with E-state index in [0.717, 1.165) is 25.2 Å². The van der Waals surface area contributed by atoms with Crippen LogP contribution < -0.4 is 5.11 Å². The van der Waals surface area contributed by atoms with Crippen molar-refractivity contribution in [1.82, 2.24) is 9.80 Å². The first-order chi connectivity index (χ1) is 10.6. The first-order valence-electron chi connectivity index (χ1n) is 7.89. The Bertz CT molecular complexity index is 562. The Hall–Kier alpha value is -1.96. The number of likely N-dealkylation sites (N-methyl/N-ethyl adjacent to an activating group) is 1. The maximum absolute atomic E-state index is 12.8. The van der Waals surface area contributed by atoms with Crippen molar-refractivity contribution in [2.75, 3.05) is 33.7 Å². The summed E-state index contributed by atoms with van der Waals surface area (Å²) in [6.07, 6.45) is 3.76. The Morgan fingerprint density at radius 2 is 1.82 bits per heavy atom. The molecule has 1 saturated heterocycles. The summed E-state index contributed by atoms with van der Waals surface area (Å²) in [4.78, 5) is 4.27. The highest BCUT2D eigenvalue weighted by molar-refractivity contribution is 5.64. The van der Waals surface area contributed by atoms with Crippen LogP contribution >= 0.6 is 0 Å². The van der Waals surface area contributed by atoms with Crippen molar-refractivity contribution in [1.29, 1.82) is 0 Å². The Morgan fingerprint density at radius 1 is 1.18 bits per heavy atom. The van der Waals surface area contributed by atoms with E-state index in [1.54, 1.807) is 0 Å². The van der Waals surface area contributed by atoms with Gasteiger partial charge in [0.1, 0.15) is 0 Å². The van der Waals surface area contributed by atoms with Crippen LogP contribution in [0.25, 0.3) is 5.76 Å². The molecule has 0 radical (unpaired) electrons. The van der Waals surface area contributed by atoms with Crippen molar-refractivity contribution in [3.05, 3.63) is 59.5 Å². The number of hydrogen-bond donors (Lipinski definition) is 0. The van der Waals surface area contributed by atoms with Gasteiger partial charge in [-0.25, -0.2) is 0 Å². The second kappa shape index (κ2) is 7.88. The highest BCUT2D eigenvalue weighted by Gasteiger charge is 2.16. The van der Waals surface area contributed by atoms with Crippen molar-refractivity contribution < 1.29 is 5.11 Å². The fourth-order valence-corrected chi connectivity index (χ4v) is 2.89. The molecule has 0 aliphatic carbocycles. The Balaban J connectivity index is 2.30. The molecule has 1 heterocycles. The number of benzene rings is 1. The van der Waals surface area contributed by atoms with Crippen molar-refractivity contribution in [3.63, 3.8) is 0 Å². The molecule has 0 atom stereocenters. The van der Waals surface area contributed by atoms with Crippen LogP contribution in [0.15, 0.2) is 53.9 Å². The van der Waals surface area contributed by atoms with E-state index >= 15 is 0 Å². The summed E-state index contributed by atoms with van der Waals surface area (Å²) in [6.45, 7) is 6.74. The van der Waals surface area contributed by atoms with Crippen LogP contribution in [0.3, 0.4) is 0 Å². The van der Waals surface area contributed by atoms with E-state index in [9.17, 15) is 5.11 Å². The van der Waals surface area contributed by atoms with Gasteiger partial charge in [-0.05, 0) is 31.5 Å². The number of piperidine rings is 1. The fourth-order valence-electron chi connectivity index (χ4n) is 2.89. The first-order valence-corrected chi connectivity index (χ1v) is 7.89. The molecule has 0 aromatic heterocycles. The Morgan fingerprint density at radius 3 is 2.36 bits per heavy atom. The lowest BCUT2D eigenvalue weighted by Crippen LogP contribution is -2.33. The van der Waals surface area contributed by atoms with Gasteiger partial charge in [0.2, 0.25) is 0 Å². The number of likely N-dealkylation sites (tertiary alicyclic amines) is 1. The number of rotatable bonds is 5. The van der Waals surface area contributed by atoms with Gasteiger partial charge in [0.15, 0.2) is 0 Å². The third-order valence-corrected chi connectivity index (χ3v) is 4.03. The molecule has 118 valence electrons. The van der Waals surface area contributed by atoms with Crippen molar-refractivity contribution in [2.24, 2.45) is 0 Å². The molecule has 3 heteroatoms. The lowest BCUT2D eigenvalue weighted by molar-refractivity contribution is -0.245. The average Bonchev–Trinajstić information content (AvgIpc) is 2.55. The second-order valence-electron chi connectivity index (χ2n) is 5.93. The Kier molecular flexibility index (Phi) is 5.88. The third kappa shape index (κ3) is 4.03. The molecule has 1 aromatic rings. The van der Waals surface area contributed by atoms with Gasteiger partial charge >= 0.3 is 0 Å². The molecule has 1 aliphatic rings. The molecule has 2 rings (SSSR count). The van der Waals surface area contributed by atoms with Crippen LogP contribution in [0.1, 0.15) is 24.8 Å². The van der Waals surface area contributed by atoms with Crippen LogP contribution in [-0.4, -0.2) is 43.5 Å². The average molecular weight is 297 g/mol. The van der Waals surface area contributed by atoms with E-state index in [-0.39, 0.29) is 5.76 Å². The van der Waals surface area contributed by atoms with Crippen molar-refractivity contribution in [2.45, 2.75) is 19.3 Å². The minimum absolute atomic E-state index is 0.0359. The molecule has 0 bridgehead atoms. The summed E-state index contributed by atoms with van der Waals surface area (Å²) in [5.74, 6) is 0.0359. The third-order valence-electron chi connectivity index (χ3n) is 4.03. The van der Waals surface area contributed by atoms with Gasteiger partial charge in [0, 0.05) is 31.9 Å². The standard InChI is InChI=1S/C19H26N2O/c1-4-16(15-21-13-9-6-10-14-21)18(20(2)3)19(22)17-11-7-5-8-12-17/h5,7-8,11-12,22H,1,6,9-10,13-15H2,2-3H3/p-1/b19-18+. The zero-order valence-electron chi connectivity index (χ0n) is 13.6. The lowest BCUT2D eigenvalue weighted by atomic mass is 10.0. The highest BCUT2D eigenvalue weighted by atomic mass is 16.3. The minimum atomic E-state index is 0.0359. The summed E-state index contributed by atoms with van der Waals surface area (Å²) in [7, 11) is 3.81. The van der Waals surface area contributed by atoms with E-state index in [4.69, 9.17) is 0 Å². The van der Waals surface area contributed by atoms with Crippen LogP contribution in [0, 0.1) is 0 Å². The van der Waals surface area contributed by atoms with E-state index in [0.29, 0.717) is 11.3 Å². The maximum Gasteiger partial charge on any atom is 0.0411 e. The van der Waals surface area contributed by atoms with Gasteiger partial charge in [-0.3, -0.25) is 4.90 Å². The predicted molar refractivity (Wildman–Crippen MR) is 90.0 cm³/mol. The van der Waals surface area contributed by atoms with Gasteiger partial charge in [0.25, 0.3) is 0 Å². The zero-order valence-corrected chi connectivity index (χ0v) is 13.6. The zero-order chi connectivity index (χ0) is 15.9. The molecule has 1 aliphatic heterocycles. The van der Waals surface area contributed by atoms with E-state index in [1.165, 1.54) is 19.3 Å². The quantitative estimate of drug-likeness (QED) is 0.475. The summed E-state index contributed by atoms with van der Waals surface area (Å²) in [5, 5.41) is 12.8. The summed E-state index contributed by atoms with van der Waals surface area (Å²) in [5.41, 5.74) is 5.29. The normalized spacial score (nSPS) is 16.6. The first kappa shape index (κ1) is 16.4. The molecule has 0 saturated carbocycles. The predicted octanol–water partition coefficient (Wildman–Crippen LogP) is 2.47. The molecule has 0 unspecified atom stereocenters. The van der Waals surface area contributed by atoms with E-state index in [1.807, 2.05) is 49.3 Å². The smallest absolute Gasteiger partial charge is 0.0411 e. The van der Waals surface area contributed by atoms with Gasteiger partial charge in [-0.1, -0.05) is 49.1 Å². The fraction of sp³-hybridized carbons (Fsp3) is 0.421. The molecule has 1 fully saturated rings. The molecule has 3 nitrogen and oxygen atoms in total. The molecule has 0 amide bonds. The topological polar surface area (TPSA) is 29.5 Å². The van der Waals surface area contributed by atoms with Crippen molar-refractivity contribution in [3.8, 4) is 0 Å². The summed E-state index contributed by atoms with van der Waals surface area (Å²) < 4.78 is 0. The lowest BCUT2D eigenvalue weighted by Gasteiger charge is -2.32. The number of hydrogen-bond acceptors (Lipinski definition) is 3. The van der Waals surface area contributed by atoms with Gasteiger partial charge in [-0.2, -0.15) is 0 Å². The van der Waals surface area contributed by atoms with Gasteiger partial charge < -0.3 is 10.0 Å². The molecule has 0 N–H and O–H groups in total. The van der Waals surface area contributed by atoms with Crippen LogP contribution in [0.4, 0.5) is 0 Å². The molecule has 1 aromatic carbocycles. The largest absolute Gasteiger partial charge is 0.871 e. The van der Waals surface area contributed by atoms with Crippen molar-refractivity contribution >= 4 is 5.76 Å². The van der Waals surface area contributed by atoms with E-state index in [2.05, 4.69) is 17.2 Å². The van der Waals surface area contributed by atoms with Crippen LogP contribution in [-0.2, 0) is 0 Å². The Labute approximate surface area is 133 Å². The van der Waals surface area contributed by atoms with Gasteiger partial charge in [0.05, 0.1) is 0 Å². The van der Waals surface area contributed by atoms with Crippen LogP contribution in [0.2, 0.25) is 0 Å². The van der Waals surface area contributed by atoms with E-state index < -0.39 is 0 Å². The molecule has 0 spiro atoms. The number of nitrogens with zero attached hydrogens (tertiary/aromatic N) is 2. The molecule has 22 heavy (non-hydrogen) atoms. The SMILES string of the molecule is C=C=C(CN1CCCCC1)/C(=C(\[O-])c1ccccc1)N(C)C.